The van der Waals surface area contributed by atoms with Crippen molar-refractivity contribution in [1.29, 1.82) is 0 Å². The second kappa shape index (κ2) is 7.04. The molecule has 0 bridgehead atoms. The van der Waals surface area contributed by atoms with Gasteiger partial charge in [0.1, 0.15) is 5.82 Å². The monoisotopic (exact) mass is 304 g/mol. The average Bonchev–Trinajstić information content (AvgIpc) is 2.56. The predicted molar refractivity (Wildman–Crippen MR) is 83.8 cm³/mol. The first-order valence-electron chi connectivity index (χ1n) is 6.70. The Morgan fingerprint density at radius 1 is 0.952 bits per heavy atom. The zero-order valence-corrected chi connectivity index (χ0v) is 12.4. The molecule has 0 spiro atoms. The molecule has 2 aromatic heterocycles. The topological polar surface area (TPSA) is 49.3 Å². The number of anilines is 1. The molecule has 0 atom stereocenters. The van der Waals surface area contributed by atoms with Crippen LogP contribution in [0.1, 0.15) is 10.4 Å². The molecule has 5 nitrogen and oxygen atoms in total. The van der Waals surface area contributed by atoms with Gasteiger partial charge in [-0.05, 0) is 24.3 Å². The van der Waals surface area contributed by atoms with Crippen LogP contribution < -0.4 is 4.90 Å². The highest BCUT2D eigenvalue weighted by atomic mass is 35.5. The average molecular weight is 305 g/mol. The van der Waals surface area contributed by atoms with Gasteiger partial charge in [0.25, 0.3) is 5.91 Å². The van der Waals surface area contributed by atoms with E-state index in [0.717, 1.165) is 32.0 Å². The number of carbonyl (C=O) groups is 1. The van der Waals surface area contributed by atoms with Crippen molar-refractivity contribution in [2.75, 3.05) is 31.1 Å². The van der Waals surface area contributed by atoms with Crippen LogP contribution in [-0.2, 0) is 0 Å². The number of rotatable bonds is 2. The van der Waals surface area contributed by atoms with Crippen LogP contribution in [0.3, 0.4) is 0 Å². The second-order valence-electron chi connectivity index (χ2n) is 4.70. The van der Waals surface area contributed by atoms with Gasteiger partial charge in [-0.1, -0.05) is 6.07 Å². The number of hydrogen-bond donors (Lipinski definition) is 0. The first-order chi connectivity index (χ1) is 9.84. The Bertz CT molecular complexity index is 571. The Hall–Kier alpha value is -2.14. The summed E-state index contributed by atoms with van der Waals surface area (Å²) in [5, 5.41) is 0. The first-order valence-corrected chi connectivity index (χ1v) is 6.70. The molecule has 2 aromatic rings. The fourth-order valence-electron chi connectivity index (χ4n) is 2.36. The lowest BCUT2D eigenvalue weighted by atomic mass is 10.2. The second-order valence-corrected chi connectivity index (χ2v) is 4.70. The molecule has 0 unspecified atom stereocenters. The van der Waals surface area contributed by atoms with E-state index in [2.05, 4.69) is 14.9 Å². The maximum atomic E-state index is 12.3. The lowest BCUT2D eigenvalue weighted by molar-refractivity contribution is 0.0746. The van der Waals surface area contributed by atoms with Crippen molar-refractivity contribution < 1.29 is 4.79 Å². The SMILES string of the molecule is Cl.O=C(c1ccncc1)N1CCN(c2ccccn2)CC1. The van der Waals surface area contributed by atoms with Crippen molar-refractivity contribution in [3.05, 3.63) is 54.5 Å². The summed E-state index contributed by atoms with van der Waals surface area (Å²) in [6.07, 6.45) is 5.10. The zero-order chi connectivity index (χ0) is 13.8. The van der Waals surface area contributed by atoms with Gasteiger partial charge >= 0.3 is 0 Å². The van der Waals surface area contributed by atoms with E-state index in [1.54, 1.807) is 30.7 Å². The molecule has 0 N–H and O–H groups in total. The molecule has 21 heavy (non-hydrogen) atoms. The van der Waals surface area contributed by atoms with Gasteiger partial charge in [0, 0.05) is 50.3 Å². The fourth-order valence-corrected chi connectivity index (χ4v) is 2.36. The van der Waals surface area contributed by atoms with E-state index in [9.17, 15) is 4.79 Å². The van der Waals surface area contributed by atoms with Crippen LogP contribution in [0, 0.1) is 0 Å². The van der Waals surface area contributed by atoms with Gasteiger partial charge in [-0.2, -0.15) is 0 Å². The van der Waals surface area contributed by atoms with Crippen molar-refractivity contribution in [2.24, 2.45) is 0 Å². The van der Waals surface area contributed by atoms with E-state index in [-0.39, 0.29) is 18.3 Å². The summed E-state index contributed by atoms with van der Waals surface area (Å²) in [7, 11) is 0. The number of halogens is 1. The van der Waals surface area contributed by atoms with Gasteiger partial charge < -0.3 is 9.80 Å². The van der Waals surface area contributed by atoms with Crippen LogP contribution >= 0.6 is 12.4 Å². The molecule has 1 fully saturated rings. The Labute approximate surface area is 130 Å². The van der Waals surface area contributed by atoms with E-state index in [1.807, 2.05) is 23.1 Å². The number of carbonyl (C=O) groups excluding carboxylic acids is 1. The summed E-state index contributed by atoms with van der Waals surface area (Å²) < 4.78 is 0. The van der Waals surface area contributed by atoms with Crippen LogP contribution in [0.25, 0.3) is 0 Å². The highest BCUT2D eigenvalue weighted by Gasteiger charge is 2.22. The summed E-state index contributed by atoms with van der Waals surface area (Å²) in [6, 6.07) is 9.41. The molecule has 0 radical (unpaired) electrons. The van der Waals surface area contributed by atoms with Crippen molar-refractivity contribution in [3.8, 4) is 0 Å². The molecule has 1 amide bonds. The van der Waals surface area contributed by atoms with E-state index in [0.29, 0.717) is 5.56 Å². The predicted octanol–water partition coefficient (Wildman–Crippen LogP) is 1.86. The van der Waals surface area contributed by atoms with Crippen molar-refractivity contribution >= 4 is 24.1 Å². The maximum absolute atomic E-state index is 12.3. The molecule has 6 heteroatoms. The summed E-state index contributed by atoms with van der Waals surface area (Å²) in [6.45, 7) is 3.07. The number of hydrogen-bond acceptors (Lipinski definition) is 4. The zero-order valence-electron chi connectivity index (χ0n) is 11.6. The van der Waals surface area contributed by atoms with E-state index in [1.165, 1.54) is 0 Å². The van der Waals surface area contributed by atoms with E-state index >= 15 is 0 Å². The standard InChI is InChI=1S/C15H16N4O.ClH/c20-15(13-4-7-16-8-5-13)19-11-9-18(10-12-19)14-3-1-2-6-17-14;/h1-8H,9-12H2;1H. The van der Waals surface area contributed by atoms with Crippen LogP contribution in [0.2, 0.25) is 0 Å². The first kappa shape index (κ1) is 15.3. The highest BCUT2D eigenvalue weighted by molar-refractivity contribution is 5.94. The van der Waals surface area contributed by atoms with Gasteiger partial charge in [0.05, 0.1) is 0 Å². The van der Waals surface area contributed by atoms with Crippen molar-refractivity contribution in [3.63, 3.8) is 0 Å². The van der Waals surface area contributed by atoms with Gasteiger partial charge in [0.2, 0.25) is 0 Å². The summed E-state index contributed by atoms with van der Waals surface area (Å²) in [5.41, 5.74) is 0.700. The number of pyridine rings is 2. The van der Waals surface area contributed by atoms with Crippen LogP contribution in [0.15, 0.2) is 48.9 Å². The normalized spacial score (nSPS) is 14.5. The lowest BCUT2D eigenvalue weighted by Gasteiger charge is -2.35. The molecule has 3 rings (SSSR count). The van der Waals surface area contributed by atoms with Crippen molar-refractivity contribution in [2.45, 2.75) is 0 Å². The molecule has 1 saturated heterocycles. The van der Waals surface area contributed by atoms with Gasteiger partial charge in [-0.25, -0.2) is 4.98 Å². The minimum Gasteiger partial charge on any atom is -0.353 e. The molecular formula is C15H17ClN4O. The molecule has 0 aromatic carbocycles. The quantitative estimate of drug-likeness (QED) is 0.850. The molecular weight excluding hydrogens is 288 g/mol. The lowest BCUT2D eigenvalue weighted by Crippen LogP contribution is -2.49. The Morgan fingerprint density at radius 2 is 1.67 bits per heavy atom. The minimum absolute atomic E-state index is 0. The number of nitrogens with zero attached hydrogens (tertiary/aromatic N) is 4. The van der Waals surface area contributed by atoms with Gasteiger partial charge in [-0.15, -0.1) is 12.4 Å². The Kier molecular flexibility index (Phi) is 5.11. The Morgan fingerprint density at radius 3 is 2.29 bits per heavy atom. The minimum atomic E-state index is 0. The van der Waals surface area contributed by atoms with Gasteiger partial charge in [0.15, 0.2) is 0 Å². The summed E-state index contributed by atoms with van der Waals surface area (Å²) in [5.74, 6) is 1.05. The molecule has 3 heterocycles. The molecule has 1 aliphatic rings. The van der Waals surface area contributed by atoms with E-state index in [4.69, 9.17) is 0 Å². The molecule has 1 aliphatic heterocycles. The molecule has 0 aliphatic carbocycles. The summed E-state index contributed by atoms with van der Waals surface area (Å²) >= 11 is 0. The number of amides is 1. The number of piperazine rings is 1. The van der Waals surface area contributed by atoms with Crippen molar-refractivity contribution in [1.82, 2.24) is 14.9 Å². The largest absolute Gasteiger partial charge is 0.353 e. The third-order valence-electron chi connectivity index (χ3n) is 3.47. The smallest absolute Gasteiger partial charge is 0.254 e. The number of aromatic nitrogens is 2. The van der Waals surface area contributed by atoms with Crippen LogP contribution in [0.4, 0.5) is 5.82 Å². The molecule has 0 saturated carbocycles. The van der Waals surface area contributed by atoms with Crippen LogP contribution in [0.5, 0.6) is 0 Å². The third kappa shape index (κ3) is 3.49. The maximum Gasteiger partial charge on any atom is 0.254 e. The van der Waals surface area contributed by atoms with Crippen LogP contribution in [-0.4, -0.2) is 47.0 Å². The summed E-state index contributed by atoms with van der Waals surface area (Å²) in [4.78, 5) is 24.7. The van der Waals surface area contributed by atoms with Gasteiger partial charge in [-0.3, -0.25) is 9.78 Å². The molecule has 110 valence electrons. The highest BCUT2D eigenvalue weighted by Crippen LogP contribution is 2.14. The Balaban J connectivity index is 0.00000161. The van der Waals surface area contributed by atoms with E-state index < -0.39 is 0 Å². The fraction of sp³-hybridized carbons (Fsp3) is 0.267. The third-order valence-corrected chi connectivity index (χ3v) is 3.47.